The van der Waals surface area contributed by atoms with Gasteiger partial charge in [-0.3, -0.25) is 0 Å². The molecule has 4 heteroatoms. The highest BCUT2D eigenvalue weighted by molar-refractivity contribution is 4.72. The summed E-state index contributed by atoms with van der Waals surface area (Å²) < 4.78 is 15.9. The number of hydrogen-bond donors (Lipinski definition) is 1. The lowest BCUT2D eigenvalue weighted by Crippen LogP contribution is -2.41. The second-order valence-electron chi connectivity index (χ2n) is 3.24. The molecule has 2 aliphatic rings. The van der Waals surface area contributed by atoms with Crippen LogP contribution in [0.4, 0.5) is 0 Å². The van der Waals surface area contributed by atoms with Gasteiger partial charge in [0.15, 0.2) is 6.29 Å². The van der Waals surface area contributed by atoms with E-state index in [9.17, 15) is 0 Å². The van der Waals surface area contributed by atoms with Crippen molar-refractivity contribution in [3.05, 3.63) is 0 Å². The largest absolute Gasteiger partial charge is 0.388 e. The highest BCUT2D eigenvalue weighted by Gasteiger charge is 2.31. The van der Waals surface area contributed by atoms with Crippen LogP contribution in [0.5, 0.6) is 0 Å². The van der Waals surface area contributed by atoms with Crippen molar-refractivity contribution in [3.63, 3.8) is 0 Å². The minimum absolute atomic E-state index is 0.0810. The maximum absolute atomic E-state index is 9.08. The molecule has 1 atom stereocenters. The predicted octanol–water partition coefficient (Wildman–Crippen LogP) is -0.101. The molecule has 0 bridgehead atoms. The number of ether oxygens (including phenoxy) is 3. The summed E-state index contributed by atoms with van der Waals surface area (Å²) in [7, 11) is 0. The lowest BCUT2D eigenvalue weighted by atomic mass is 10.2. The third-order valence-corrected chi connectivity index (χ3v) is 2.17. The fourth-order valence-electron chi connectivity index (χ4n) is 1.54. The second kappa shape index (κ2) is 3.70. The third kappa shape index (κ3) is 1.77. The molecular weight excluding hydrogens is 160 g/mol. The van der Waals surface area contributed by atoms with Crippen LogP contribution in [0.25, 0.3) is 0 Å². The van der Waals surface area contributed by atoms with Crippen molar-refractivity contribution >= 4 is 0 Å². The lowest BCUT2D eigenvalue weighted by molar-refractivity contribution is -0.251. The van der Waals surface area contributed by atoms with Gasteiger partial charge in [0.1, 0.15) is 12.2 Å². The van der Waals surface area contributed by atoms with Crippen molar-refractivity contribution in [1.29, 1.82) is 0 Å². The summed E-state index contributed by atoms with van der Waals surface area (Å²) in [6.45, 7) is 1.53. The van der Waals surface area contributed by atoms with E-state index in [2.05, 4.69) is 0 Å². The smallest absolute Gasteiger partial charge is 0.183 e. The van der Waals surface area contributed by atoms with Gasteiger partial charge in [0, 0.05) is 6.61 Å². The lowest BCUT2D eigenvalue weighted by Gasteiger charge is -2.29. The molecule has 0 saturated carbocycles. The van der Waals surface area contributed by atoms with Crippen LogP contribution in [0.15, 0.2) is 0 Å². The van der Waals surface area contributed by atoms with Gasteiger partial charge in [-0.15, -0.1) is 0 Å². The molecule has 2 rings (SSSR count). The van der Waals surface area contributed by atoms with Gasteiger partial charge in [0.2, 0.25) is 0 Å². The SMILES string of the molecule is OC1COC([C@@H]2CCCO2)OC1. The van der Waals surface area contributed by atoms with Crippen molar-refractivity contribution in [2.45, 2.75) is 31.3 Å². The zero-order valence-corrected chi connectivity index (χ0v) is 6.94. The van der Waals surface area contributed by atoms with Gasteiger partial charge < -0.3 is 19.3 Å². The molecule has 2 heterocycles. The van der Waals surface area contributed by atoms with Crippen molar-refractivity contribution in [3.8, 4) is 0 Å². The molecule has 0 amide bonds. The zero-order valence-electron chi connectivity index (χ0n) is 6.94. The van der Waals surface area contributed by atoms with E-state index in [0.717, 1.165) is 19.4 Å². The molecule has 2 saturated heterocycles. The topological polar surface area (TPSA) is 47.9 Å². The van der Waals surface area contributed by atoms with Gasteiger partial charge in [-0.25, -0.2) is 0 Å². The average Bonchev–Trinajstić information content (AvgIpc) is 2.58. The second-order valence-corrected chi connectivity index (χ2v) is 3.24. The number of aliphatic hydroxyl groups excluding tert-OH is 1. The first-order chi connectivity index (χ1) is 5.86. The molecule has 0 radical (unpaired) electrons. The fraction of sp³-hybridized carbons (Fsp3) is 1.00. The van der Waals surface area contributed by atoms with Crippen LogP contribution in [-0.4, -0.2) is 43.4 Å². The predicted molar refractivity (Wildman–Crippen MR) is 40.7 cm³/mol. The first-order valence-electron chi connectivity index (χ1n) is 4.39. The van der Waals surface area contributed by atoms with Crippen molar-refractivity contribution in [2.24, 2.45) is 0 Å². The van der Waals surface area contributed by atoms with E-state index in [-0.39, 0.29) is 12.4 Å². The van der Waals surface area contributed by atoms with Crippen LogP contribution in [0, 0.1) is 0 Å². The molecule has 0 spiro atoms. The number of aliphatic hydroxyl groups is 1. The van der Waals surface area contributed by atoms with Crippen LogP contribution in [-0.2, 0) is 14.2 Å². The van der Waals surface area contributed by atoms with E-state index in [1.807, 2.05) is 0 Å². The Morgan fingerprint density at radius 3 is 2.42 bits per heavy atom. The maximum Gasteiger partial charge on any atom is 0.183 e. The quantitative estimate of drug-likeness (QED) is 0.603. The highest BCUT2D eigenvalue weighted by Crippen LogP contribution is 2.21. The normalized spacial score (nSPS) is 43.2. The molecule has 2 fully saturated rings. The summed E-state index contributed by atoms with van der Waals surface area (Å²) in [4.78, 5) is 0. The van der Waals surface area contributed by atoms with E-state index < -0.39 is 6.10 Å². The Morgan fingerprint density at radius 1 is 1.08 bits per heavy atom. The molecule has 12 heavy (non-hydrogen) atoms. The van der Waals surface area contributed by atoms with Crippen LogP contribution < -0.4 is 0 Å². The molecule has 0 aromatic heterocycles. The van der Waals surface area contributed by atoms with Crippen LogP contribution in [0.3, 0.4) is 0 Å². The Balaban J connectivity index is 1.80. The van der Waals surface area contributed by atoms with Gasteiger partial charge in [-0.05, 0) is 12.8 Å². The monoisotopic (exact) mass is 174 g/mol. The van der Waals surface area contributed by atoms with Gasteiger partial charge in [-0.1, -0.05) is 0 Å². The van der Waals surface area contributed by atoms with Crippen molar-refractivity contribution in [2.75, 3.05) is 19.8 Å². The molecule has 0 aromatic rings. The van der Waals surface area contributed by atoms with Gasteiger partial charge in [0.05, 0.1) is 13.2 Å². The molecule has 70 valence electrons. The van der Waals surface area contributed by atoms with E-state index in [4.69, 9.17) is 19.3 Å². The summed E-state index contributed by atoms with van der Waals surface area (Å²) in [5.74, 6) is 0. The van der Waals surface area contributed by atoms with Gasteiger partial charge in [0.25, 0.3) is 0 Å². The molecule has 0 unspecified atom stereocenters. The zero-order chi connectivity index (χ0) is 8.39. The number of rotatable bonds is 1. The molecule has 2 aliphatic heterocycles. The summed E-state index contributed by atoms with van der Waals surface area (Å²) in [5, 5.41) is 9.08. The summed E-state index contributed by atoms with van der Waals surface area (Å²) >= 11 is 0. The van der Waals surface area contributed by atoms with Gasteiger partial charge in [-0.2, -0.15) is 0 Å². The summed E-state index contributed by atoms with van der Waals surface area (Å²) in [5.41, 5.74) is 0. The summed E-state index contributed by atoms with van der Waals surface area (Å²) in [6.07, 6.45) is 1.44. The van der Waals surface area contributed by atoms with E-state index in [1.54, 1.807) is 0 Å². The molecule has 1 N–H and O–H groups in total. The Labute approximate surface area is 71.4 Å². The first kappa shape index (κ1) is 8.44. The fourth-order valence-corrected chi connectivity index (χ4v) is 1.54. The minimum Gasteiger partial charge on any atom is -0.388 e. The molecule has 4 nitrogen and oxygen atoms in total. The van der Waals surface area contributed by atoms with Gasteiger partial charge >= 0.3 is 0 Å². The molecule has 0 aliphatic carbocycles. The number of hydrogen-bond acceptors (Lipinski definition) is 4. The van der Waals surface area contributed by atoms with E-state index in [0.29, 0.717) is 13.2 Å². The molecule has 0 aromatic carbocycles. The minimum atomic E-state index is -0.470. The van der Waals surface area contributed by atoms with E-state index in [1.165, 1.54) is 0 Å². The highest BCUT2D eigenvalue weighted by atomic mass is 16.7. The first-order valence-corrected chi connectivity index (χ1v) is 4.39. The van der Waals surface area contributed by atoms with E-state index >= 15 is 0 Å². The average molecular weight is 174 g/mol. The van der Waals surface area contributed by atoms with Crippen LogP contribution >= 0.6 is 0 Å². The Morgan fingerprint density at radius 2 is 1.83 bits per heavy atom. The Bertz CT molecular complexity index is 136. The van der Waals surface area contributed by atoms with Crippen LogP contribution in [0.1, 0.15) is 12.8 Å². The molecular formula is C8H14O4. The Kier molecular flexibility index (Phi) is 2.60. The Hall–Kier alpha value is -0.160. The van der Waals surface area contributed by atoms with Crippen molar-refractivity contribution in [1.82, 2.24) is 0 Å². The summed E-state index contributed by atoms with van der Waals surface area (Å²) in [6, 6.07) is 0. The standard InChI is InChI=1S/C8H14O4/c9-6-4-11-8(12-5-6)7-2-1-3-10-7/h6-9H,1-5H2/t6?,7-,8?/m0/s1. The van der Waals surface area contributed by atoms with Crippen molar-refractivity contribution < 1.29 is 19.3 Å². The van der Waals surface area contributed by atoms with Crippen LogP contribution in [0.2, 0.25) is 0 Å². The third-order valence-electron chi connectivity index (χ3n) is 2.17. The maximum atomic E-state index is 9.08.